The Morgan fingerprint density at radius 3 is 2.44 bits per heavy atom. The molecule has 144 valence electrons. The maximum atomic E-state index is 12.9. The SMILES string of the molecule is CCc1ccc(C(=O)Nc2sccc2C(=O)N2C[C@H]3CNC[C@H]3C2)cc1.Cl. The van der Waals surface area contributed by atoms with Gasteiger partial charge in [-0.15, -0.1) is 23.7 Å². The molecule has 2 N–H and O–H groups in total. The van der Waals surface area contributed by atoms with Gasteiger partial charge in [-0.2, -0.15) is 0 Å². The number of nitrogens with one attached hydrogen (secondary N) is 2. The van der Waals surface area contributed by atoms with Crippen molar-refractivity contribution >= 4 is 40.6 Å². The van der Waals surface area contributed by atoms with E-state index in [1.54, 1.807) is 0 Å². The van der Waals surface area contributed by atoms with Crippen LogP contribution in [0.25, 0.3) is 0 Å². The summed E-state index contributed by atoms with van der Waals surface area (Å²) >= 11 is 1.40. The van der Waals surface area contributed by atoms with Gasteiger partial charge in [0, 0.05) is 31.7 Å². The highest BCUT2D eigenvalue weighted by Crippen LogP contribution is 2.31. The van der Waals surface area contributed by atoms with Crippen LogP contribution >= 0.6 is 23.7 Å². The van der Waals surface area contributed by atoms with Crippen LogP contribution in [0.3, 0.4) is 0 Å². The second-order valence-corrected chi connectivity index (χ2v) is 7.97. The summed E-state index contributed by atoms with van der Waals surface area (Å²) in [5, 5.41) is 8.80. The molecular formula is C20H24ClN3O2S. The number of carbonyl (C=O) groups is 2. The van der Waals surface area contributed by atoms with Crippen molar-refractivity contribution < 1.29 is 9.59 Å². The van der Waals surface area contributed by atoms with Crippen LogP contribution in [-0.2, 0) is 6.42 Å². The molecular weight excluding hydrogens is 382 g/mol. The van der Waals surface area contributed by atoms with Crippen molar-refractivity contribution in [1.82, 2.24) is 10.2 Å². The van der Waals surface area contributed by atoms with Crippen LogP contribution in [0.5, 0.6) is 0 Å². The Bertz CT molecular complexity index is 809. The van der Waals surface area contributed by atoms with Crippen molar-refractivity contribution in [1.29, 1.82) is 0 Å². The van der Waals surface area contributed by atoms with Crippen LogP contribution in [0.4, 0.5) is 5.00 Å². The zero-order valence-electron chi connectivity index (χ0n) is 15.2. The third-order valence-corrected chi connectivity index (χ3v) is 6.25. The molecule has 5 nitrogen and oxygen atoms in total. The van der Waals surface area contributed by atoms with Gasteiger partial charge in [-0.05, 0) is 47.4 Å². The Kier molecular flexibility index (Phi) is 6.19. The minimum absolute atomic E-state index is 0. The third kappa shape index (κ3) is 4.03. The maximum Gasteiger partial charge on any atom is 0.256 e. The second kappa shape index (κ2) is 8.42. The number of nitrogens with zero attached hydrogens (tertiary/aromatic N) is 1. The van der Waals surface area contributed by atoms with Crippen molar-refractivity contribution in [2.75, 3.05) is 31.5 Å². The van der Waals surface area contributed by atoms with Crippen molar-refractivity contribution in [3.8, 4) is 0 Å². The molecule has 2 aromatic rings. The second-order valence-electron chi connectivity index (χ2n) is 7.06. The Hall–Kier alpha value is -1.89. The fourth-order valence-electron chi connectivity index (χ4n) is 3.83. The molecule has 0 aliphatic carbocycles. The van der Waals surface area contributed by atoms with E-state index in [9.17, 15) is 9.59 Å². The van der Waals surface area contributed by atoms with Gasteiger partial charge in [0.25, 0.3) is 11.8 Å². The number of benzene rings is 1. The summed E-state index contributed by atoms with van der Waals surface area (Å²) in [6.07, 6.45) is 0.943. The monoisotopic (exact) mass is 405 g/mol. The van der Waals surface area contributed by atoms with Crippen LogP contribution < -0.4 is 10.6 Å². The number of rotatable bonds is 4. The predicted molar refractivity (Wildman–Crippen MR) is 111 cm³/mol. The van der Waals surface area contributed by atoms with Crippen LogP contribution in [-0.4, -0.2) is 42.9 Å². The molecule has 1 aromatic carbocycles. The Labute approximate surface area is 169 Å². The van der Waals surface area contributed by atoms with Crippen molar-refractivity contribution in [3.05, 3.63) is 52.4 Å². The van der Waals surface area contributed by atoms with Crippen molar-refractivity contribution in [2.45, 2.75) is 13.3 Å². The van der Waals surface area contributed by atoms with E-state index in [2.05, 4.69) is 17.6 Å². The highest BCUT2D eigenvalue weighted by Gasteiger charge is 2.38. The largest absolute Gasteiger partial charge is 0.338 e. The molecule has 2 atom stereocenters. The minimum Gasteiger partial charge on any atom is -0.338 e. The highest BCUT2D eigenvalue weighted by molar-refractivity contribution is 7.14. The van der Waals surface area contributed by atoms with Gasteiger partial charge in [-0.25, -0.2) is 0 Å². The van der Waals surface area contributed by atoms with Gasteiger partial charge in [0.05, 0.1) is 5.56 Å². The summed E-state index contributed by atoms with van der Waals surface area (Å²) in [5.74, 6) is 0.976. The summed E-state index contributed by atoms with van der Waals surface area (Å²) in [5.41, 5.74) is 2.40. The van der Waals surface area contributed by atoms with E-state index in [4.69, 9.17) is 0 Å². The molecule has 2 aliphatic rings. The summed E-state index contributed by atoms with van der Waals surface area (Å²) in [6, 6.07) is 9.41. The molecule has 7 heteroatoms. The lowest BCUT2D eigenvalue weighted by atomic mass is 10.0. The predicted octanol–water partition coefficient (Wildman–Crippen LogP) is 3.28. The number of halogens is 1. The number of likely N-dealkylation sites (tertiary alicyclic amines) is 1. The standard InChI is InChI=1S/C20H23N3O2S.ClH/c1-2-13-3-5-14(6-4-13)18(24)22-19-17(7-8-26-19)20(25)23-11-15-9-21-10-16(15)12-23;/h3-8,15-16,21H,2,9-12H2,1H3,(H,22,24);1H/t15-,16+;. The highest BCUT2D eigenvalue weighted by atomic mass is 35.5. The molecule has 0 bridgehead atoms. The van der Waals surface area contributed by atoms with E-state index in [-0.39, 0.29) is 24.2 Å². The van der Waals surface area contributed by atoms with E-state index in [0.717, 1.165) is 32.6 Å². The molecule has 0 spiro atoms. The van der Waals surface area contributed by atoms with Gasteiger partial charge in [0.1, 0.15) is 5.00 Å². The summed E-state index contributed by atoms with van der Waals surface area (Å²) in [6.45, 7) is 5.68. The first-order valence-electron chi connectivity index (χ1n) is 9.13. The van der Waals surface area contributed by atoms with Gasteiger partial charge in [0.2, 0.25) is 0 Å². The first-order valence-corrected chi connectivity index (χ1v) is 10.0. The zero-order chi connectivity index (χ0) is 18.1. The third-order valence-electron chi connectivity index (χ3n) is 5.42. The van der Waals surface area contributed by atoms with Gasteiger partial charge in [-0.1, -0.05) is 19.1 Å². The fraction of sp³-hybridized carbons (Fsp3) is 0.400. The van der Waals surface area contributed by atoms with Crippen LogP contribution in [0, 0.1) is 11.8 Å². The van der Waals surface area contributed by atoms with Crippen molar-refractivity contribution in [2.24, 2.45) is 11.8 Å². The number of amides is 2. The smallest absolute Gasteiger partial charge is 0.256 e. The normalized spacial score (nSPS) is 20.9. The molecule has 0 radical (unpaired) electrons. The summed E-state index contributed by atoms with van der Waals surface area (Å²) in [4.78, 5) is 27.4. The van der Waals surface area contributed by atoms with Gasteiger partial charge < -0.3 is 15.5 Å². The first-order chi connectivity index (χ1) is 12.7. The molecule has 2 saturated heterocycles. The molecule has 0 saturated carbocycles. The number of thiophene rings is 1. The van der Waals surface area contributed by atoms with E-state index in [1.165, 1.54) is 16.9 Å². The number of aryl methyl sites for hydroxylation is 1. The fourth-order valence-corrected chi connectivity index (χ4v) is 4.61. The lowest BCUT2D eigenvalue weighted by Gasteiger charge is -2.18. The number of hydrogen-bond donors (Lipinski definition) is 2. The molecule has 3 heterocycles. The van der Waals surface area contributed by atoms with E-state index >= 15 is 0 Å². The van der Waals surface area contributed by atoms with Crippen LogP contribution in [0.15, 0.2) is 35.7 Å². The van der Waals surface area contributed by atoms with Crippen LogP contribution in [0.2, 0.25) is 0 Å². The van der Waals surface area contributed by atoms with Gasteiger partial charge in [-0.3, -0.25) is 9.59 Å². The Morgan fingerprint density at radius 2 is 1.81 bits per heavy atom. The van der Waals surface area contributed by atoms with E-state index < -0.39 is 0 Å². The average Bonchev–Trinajstić information content (AvgIpc) is 3.37. The maximum absolute atomic E-state index is 12.9. The lowest BCUT2D eigenvalue weighted by molar-refractivity contribution is 0.0783. The van der Waals surface area contributed by atoms with Gasteiger partial charge >= 0.3 is 0 Å². The molecule has 2 fully saturated rings. The Morgan fingerprint density at radius 1 is 1.15 bits per heavy atom. The Balaban J connectivity index is 0.00000210. The van der Waals surface area contributed by atoms with Crippen molar-refractivity contribution in [3.63, 3.8) is 0 Å². The van der Waals surface area contributed by atoms with E-state index in [1.807, 2.05) is 40.6 Å². The molecule has 2 amide bonds. The zero-order valence-corrected chi connectivity index (χ0v) is 16.9. The van der Waals surface area contributed by atoms with Crippen LogP contribution in [0.1, 0.15) is 33.2 Å². The molecule has 4 rings (SSSR count). The molecule has 2 aliphatic heterocycles. The first kappa shape index (κ1) is 19.9. The summed E-state index contributed by atoms with van der Waals surface area (Å²) < 4.78 is 0. The molecule has 27 heavy (non-hydrogen) atoms. The summed E-state index contributed by atoms with van der Waals surface area (Å²) in [7, 11) is 0. The minimum atomic E-state index is -0.174. The number of fused-ring (bicyclic) bond motifs is 1. The molecule has 1 aromatic heterocycles. The number of anilines is 1. The van der Waals surface area contributed by atoms with Gasteiger partial charge in [0.15, 0.2) is 0 Å². The average molecular weight is 406 g/mol. The topological polar surface area (TPSA) is 61.4 Å². The van der Waals surface area contributed by atoms with E-state index in [0.29, 0.717) is 28.0 Å². The number of hydrogen-bond acceptors (Lipinski definition) is 4. The number of carbonyl (C=O) groups excluding carboxylic acids is 2. The quantitative estimate of drug-likeness (QED) is 0.820. The molecule has 0 unspecified atom stereocenters. The lowest BCUT2D eigenvalue weighted by Crippen LogP contribution is -2.32.